The van der Waals surface area contributed by atoms with Gasteiger partial charge < -0.3 is 10.2 Å². The quantitative estimate of drug-likeness (QED) is 0.362. The van der Waals surface area contributed by atoms with Crippen molar-refractivity contribution in [3.05, 3.63) is 101 Å². The Bertz CT molecular complexity index is 1460. The number of carbonyl (C=O) groups excluding carboxylic acids is 2. The third kappa shape index (κ3) is 8.76. The second kappa shape index (κ2) is 12.8. The van der Waals surface area contributed by atoms with Gasteiger partial charge >= 0.3 is 0 Å². The lowest BCUT2D eigenvalue weighted by atomic mass is 10.0. The molecule has 11 heteroatoms. The summed E-state index contributed by atoms with van der Waals surface area (Å²) in [7, 11) is -4.11. The molecule has 3 rings (SSSR count). The van der Waals surface area contributed by atoms with Crippen molar-refractivity contribution in [1.29, 1.82) is 0 Å². The first-order valence-corrected chi connectivity index (χ1v) is 14.7. The minimum absolute atomic E-state index is 0.0656. The molecule has 0 aliphatic heterocycles. The Morgan fingerprint density at radius 2 is 1.57 bits per heavy atom. The fraction of sp³-hybridized carbons (Fsp3) is 0.310. The zero-order valence-corrected chi connectivity index (χ0v) is 24.3. The molecular formula is C29H32ClF2N3O4S. The fourth-order valence-corrected chi connectivity index (χ4v) is 5.15. The summed E-state index contributed by atoms with van der Waals surface area (Å²) in [6.45, 7) is 4.61. The van der Waals surface area contributed by atoms with E-state index in [0.717, 1.165) is 24.0 Å². The molecule has 1 atom stereocenters. The van der Waals surface area contributed by atoms with Crippen LogP contribution in [0.4, 0.5) is 14.5 Å². The van der Waals surface area contributed by atoms with Gasteiger partial charge in [0, 0.05) is 29.6 Å². The highest BCUT2D eigenvalue weighted by Gasteiger charge is 2.34. The van der Waals surface area contributed by atoms with Gasteiger partial charge in [0.1, 0.15) is 12.6 Å². The highest BCUT2D eigenvalue weighted by Crippen LogP contribution is 2.23. The van der Waals surface area contributed by atoms with Gasteiger partial charge in [0.25, 0.3) is 0 Å². The van der Waals surface area contributed by atoms with Crippen LogP contribution in [0.2, 0.25) is 5.02 Å². The molecule has 1 unspecified atom stereocenters. The van der Waals surface area contributed by atoms with Crippen molar-refractivity contribution < 1.29 is 26.8 Å². The number of benzene rings is 3. The molecule has 0 aromatic heterocycles. The normalized spacial score (nSPS) is 12.5. The van der Waals surface area contributed by atoms with Crippen molar-refractivity contribution in [3.63, 3.8) is 0 Å². The molecule has 3 aromatic carbocycles. The third-order valence-electron chi connectivity index (χ3n) is 5.88. The van der Waals surface area contributed by atoms with Crippen molar-refractivity contribution >= 4 is 39.1 Å². The summed E-state index contributed by atoms with van der Waals surface area (Å²) in [6.07, 6.45) is 0.996. The Morgan fingerprint density at radius 1 is 0.925 bits per heavy atom. The largest absolute Gasteiger partial charge is 0.350 e. The summed E-state index contributed by atoms with van der Waals surface area (Å²) < 4.78 is 53.7. The second-order valence-corrected chi connectivity index (χ2v) is 12.8. The number of carbonyl (C=O) groups is 2. The number of anilines is 1. The number of rotatable bonds is 10. The third-order valence-corrected chi connectivity index (χ3v) is 7.26. The Labute approximate surface area is 238 Å². The van der Waals surface area contributed by atoms with E-state index in [9.17, 15) is 26.8 Å². The monoisotopic (exact) mass is 591 g/mol. The minimum Gasteiger partial charge on any atom is -0.350 e. The van der Waals surface area contributed by atoms with Crippen LogP contribution in [0, 0.1) is 11.6 Å². The summed E-state index contributed by atoms with van der Waals surface area (Å²) in [5.74, 6) is -3.58. The number of nitrogens with zero attached hydrogens (tertiary/aromatic N) is 2. The zero-order valence-electron chi connectivity index (χ0n) is 22.7. The topological polar surface area (TPSA) is 86.8 Å². The van der Waals surface area contributed by atoms with E-state index in [-0.39, 0.29) is 18.7 Å². The maximum atomic E-state index is 14.0. The first-order chi connectivity index (χ1) is 18.6. The minimum atomic E-state index is -4.11. The molecule has 2 amide bonds. The van der Waals surface area contributed by atoms with E-state index in [1.807, 2.05) is 51.1 Å². The summed E-state index contributed by atoms with van der Waals surface area (Å²) in [4.78, 5) is 28.9. The SMILES string of the molecule is CC(C)(C)NC(=O)C(Cc1ccccc1)N(Cc1cccc(Cl)c1)C(=O)CN(c1ccc(F)c(F)c1)S(C)(=O)=O. The van der Waals surface area contributed by atoms with E-state index in [0.29, 0.717) is 21.0 Å². The number of sulfonamides is 1. The molecule has 0 spiro atoms. The summed E-state index contributed by atoms with van der Waals surface area (Å²) in [6, 6.07) is 17.4. The van der Waals surface area contributed by atoms with E-state index >= 15 is 0 Å². The fourth-order valence-electron chi connectivity index (χ4n) is 4.09. The molecule has 0 fully saturated rings. The van der Waals surface area contributed by atoms with Crippen LogP contribution in [0.3, 0.4) is 0 Å². The van der Waals surface area contributed by atoms with Crippen LogP contribution in [0.1, 0.15) is 31.9 Å². The summed E-state index contributed by atoms with van der Waals surface area (Å²) >= 11 is 6.18. The Morgan fingerprint density at radius 3 is 2.15 bits per heavy atom. The Hall–Kier alpha value is -3.50. The molecule has 40 heavy (non-hydrogen) atoms. The molecule has 214 valence electrons. The first-order valence-electron chi connectivity index (χ1n) is 12.5. The molecule has 0 bridgehead atoms. The van der Waals surface area contributed by atoms with E-state index < -0.39 is 51.6 Å². The highest BCUT2D eigenvalue weighted by atomic mass is 35.5. The lowest BCUT2D eigenvalue weighted by Gasteiger charge is -2.35. The smallest absolute Gasteiger partial charge is 0.244 e. The van der Waals surface area contributed by atoms with Gasteiger partial charge in [0.15, 0.2) is 11.6 Å². The molecule has 0 heterocycles. The summed E-state index contributed by atoms with van der Waals surface area (Å²) in [5.41, 5.74) is 0.541. The van der Waals surface area contributed by atoms with Gasteiger partial charge in [-0.2, -0.15) is 0 Å². The van der Waals surface area contributed by atoms with Gasteiger partial charge in [-0.05, 0) is 56.2 Å². The standard InChI is InChI=1S/C29H32ClF2N3O4S/c1-29(2,3)33-28(37)26(16-20-9-6-5-7-10-20)34(18-21-11-8-12-22(30)15-21)27(36)19-35(40(4,38)39)23-13-14-24(31)25(32)17-23/h5-15,17,26H,16,18-19H2,1-4H3,(H,33,37). The Balaban J connectivity index is 2.09. The number of hydrogen-bond donors (Lipinski definition) is 1. The lowest BCUT2D eigenvalue weighted by molar-refractivity contribution is -0.140. The zero-order chi connectivity index (χ0) is 29.7. The van der Waals surface area contributed by atoms with Crippen molar-refractivity contribution in [1.82, 2.24) is 10.2 Å². The first kappa shape index (κ1) is 31.0. The number of hydrogen-bond acceptors (Lipinski definition) is 4. The van der Waals surface area contributed by atoms with Crippen LogP contribution in [0.5, 0.6) is 0 Å². The van der Waals surface area contributed by atoms with Crippen LogP contribution in [0.25, 0.3) is 0 Å². The molecule has 0 saturated heterocycles. The van der Waals surface area contributed by atoms with Gasteiger partial charge in [-0.15, -0.1) is 0 Å². The van der Waals surface area contributed by atoms with E-state index in [1.54, 1.807) is 24.3 Å². The van der Waals surface area contributed by atoms with Gasteiger partial charge in [-0.3, -0.25) is 13.9 Å². The molecule has 1 N–H and O–H groups in total. The van der Waals surface area contributed by atoms with E-state index in [2.05, 4.69) is 5.32 Å². The van der Waals surface area contributed by atoms with Crippen LogP contribution in [-0.4, -0.2) is 49.5 Å². The van der Waals surface area contributed by atoms with Gasteiger partial charge in [0.2, 0.25) is 21.8 Å². The molecule has 3 aromatic rings. The number of amides is 2. The average molecular weight is 592 g/mol. The molecule has 0 aliphatic rings. The van der Waals surface area contributed by atoms with E-state index in [4.69, 9.17) is 11.6 Å². The maximum absolute atomic E-state index is 14.0. The molecule has 7 nitrogen and oxygen atoms in total. The molecule has 0 aliphatic carbocycles. The highest BCUT2D eigenvalue weighted by molar-refractivity contribution is 7.92. The van der Waals surface area contributed by atoms with Gasteiger partial charge in [-0.25, -0.2) is 17.2 Å². The number of halogens is 3. The Kier molecular flexibility index (Phi) is 9.92. The average Bonchev–Trinajstić information content (AvgIpc) is 2.85. The predicted molar refractivity (Wildman–Crippen MR) is 152 cm³/mol. The summed E-state index contributed by atoms with van der Waals surface area (Å²) in [5, 5.41) is 3.34. The molecule has 0 saturated carbocycles. The predicted octanol–water partition coefficient (Wildman–Crippen LogP) is 4.94. The van der Waals surface area contributed by atoms with Crippen LogP contribution >= 0.6 is 11.6 Å². The van der Waals surface area contributed by atoms with E-state index in [1.165, 1.54) is 4.90 Å². The van der Waals surface area contributed by atoms with Gasteiger partial charge in [-0.1, -0.05) is 54.1 Å². The van der Waals surface area contributed by atoms with Crippen molar-refractivity contribution in [2.45, 2.75) is 45.3 Å². The number of nitrogens with one attached hydrogen (secondary N) is 1. The molecular weight excluding hydrogens is 560 g/mol. The van der Waals surface area contributed by atoms with Crippen LogP contribution in [-0.2, 0) is 32.6 Å². The van der Waals surface area contributed by atoms with Gasteiger partial charge in [0.05, 0.1) is 11.9 Å². The maximum Gasteiger partial charge on any atom is 0.244 e. The van der Waals surface area contributed by atoms with Crippen molar-refractivity contribution in [3.8, 4) is 0 Å². The lowest BCUT2D eigenvalue weighted by Crippen LogP contribution is -2.56. The van der Waals surface area contributed by atoms with Crippen molar-refractivity contribution in [2.75, 3.05) is 17.1 Å². The van der Waals surface area contributed by atoms with Crippen LogP contribution in [0.15, 0.2) is 72.8 Å². The molecule has 0 radical (unpaired) electrons. The second-order valence-electron chi connectivity index (χ2n) is 10.5. The van der Waals surface area contributed by atoms with Crippen LogP contribution < -0.4 is 9.62 Å². The van der Waals surface area contributed by atoms with Crippen molar-refractivity contribution in [2.24, 2.45) is 0 Å².